The fraction of sp³-hybridized carbons (Fsp3) is 0.529. The van der Waals surface area contributed by atoms with Gasteiger partial charge in [0.25, 0.3) is 0 Å². The van der Waals surface area contributed by atoms with Gasteiger partial charge < -0.3 is 13.3 Å². The van der Waals surface area contributed by atoms with E-state index in [9.17, 15) is 0 Å². The van der Waals surface area contributed by atoms with Crippen LogP contribution >= 0.6 is 0 Å². The Morgan fingerprint density at radius 3 is 1.92 bits per heavy atom. The third kappa shape index (κ3) is 5.27. The molecule has 136 valence electrons. The first-order valence-corrected chi connectivity index (χ1v) is 15.2. The normalized spacial score (nSPS) is 14.8. The van der Waals surface area contributed by atoms with E-state index >= 15 is 0 Å². The molecule has 0 aliphatic heterocycles. The smallest absolute Gasteiger partial charge is 0.242 e. The average molecular weight is 399 g/mol. The van der Waals surface area contributed by atoms with E-state index in [1.54, 1.807) is 0 Å². The first-order valence-electron chi connectivity index (χ1n) is 8.55. The van der Waals surface area contributed by atoms with Gasteiger partial charge in [0.1, 0.15) is 42.2 Å². The van der Waals surface area contributed by atoms with E-state index in [-0.39, 0.29) is 5.91 Å². The van der Waals surface area contributed by atoms with Crippen molar-refractivity contribution in [2.75, 3.05) is 0 Å². The standard InChI is InChI=1S/C17H34O3Si4/c1-10(9-23-17(18-21)19-22)15-13(4)11(2)12(3)14(5)16(15)20-24(6,7)8/h9,17H,23H2,1-8,21-22H3/b10-9+. The fourth-order valence-corrected chi connectivity index (χ4v) is 6.78. The Kier molecular flexibility index (Phi) is 7.89. The molecule has 0 aliphatic carbocycles. The van der Waals surface area contributed by atoms with E-state index < -0.39 is 17.8 Å². The summed E-state index contributed by atoms with van der Waals surface area (Å²) in [5.41, 5.74) is 10.3. The van der Waals surface area contributed by atoms with Crippen LogP contribution < -0.4 is 4.43 Å². The van der Waals surface area contributed by atoms with E-state index in [1.165, 1.54) is 33.4 Å². The lowest BCUT2D eigenvalue weighted by atomic mass is 9.90. The Labute approximate surface area is 157 Å². The summed E-state index contributed by atoms with van der Waals surface area (Å²) in [6.45, 7) is 17.8. The summed E-state index contributed by atoms with van der Waals surface area (Å²) >= 11 is 0. The summed E-state index contributed by atoms with van der Waals surface area (Å²) in [5, 5.41) is 0. The topological polar surface area (TPSA) is 27.7 Å². The molecule has 0 fully saturated rings. The van der Waals surface area contributed by atoms with Gasteiger partial charge in [-0.25, -0.2) is 0 Å². The summed E-state index contributed by atoms with van der Waals surface area (Å²) < 4.78 is 17.6. The van der Waals surface area contributed by atoms with Crippen LogP contribution in [-0.2, 0) is 8.85 Å². The Hall–Kier alpha value is -0.452. The lowest BCUT2D eigenvalue weighted by Gasteiger charge is -2.27. The van der Waals surface area contributed by atoms with Crippen molar-refractivity contribution in [1.82, 2.24) is 0 Å². The minimum atomic E-state index is -1.68. The largest absolute Gasteiger partial charge is 0.544 e. The summed E-state index contributed by atoms with van der Waals surface area (Å²) in [7, 11) is -0.773. The second kappa shape index (κ2) is 8.77. The maximum Gasteiger partial charge on any atom is 0.242 e. The van der Waals surface area contributed by atoms with Crippen LogP contribution in [0.4, 0.5) is 0 Å². The maximum absolute atomic E-state index is 6.53. The van der Waals surface area contributed by atoms with Crippen LogP contribution in [0.2, 0.25) is 19.6 Å². The number of allylic oxidation sites excluding steroid dienone is 1. The van der Waals surface area contributed by atoms with E-state index in [0.29, 0.717) is 0 Å². The van der Waals surface area contributed by atoms with Crippen molar-refractivity contribution < 1.29 is 13.3 Å². The van der Waals surface area contributed by atoms with Gasteiger partial charge in [0.2, 0.25) is 8.32 Å². The number of hydrogen-bond donors (Lipinski definition) is 0. The van der Waals surface area contributed by atoms with Crippen LogP contribution in [0.5, 0.6) is 5.75 Å². The number of rotatable bonds is 7. The SMILES string of the molecule is C/C(=C\[SiH2]C(O[SiH3])O[SiH3])c1c(C)c(C)c(C)c(C)c1O[Si](C)(C)C. The second-order valence-corrected chi connectivity index (χ2v) is 14.4. The molecule has 24 heavy (non-hydrogen) atoms. The highest BCUT2D eigenvalue weighted by atomic mass is 28.4. The molecule has 0 unspecified atom stereocenters. The minimum Gasteiger partial charge on any atom is -0.544 e. The molecule has 0 bridgehead atoms. The first kappa shape index (κ1) is 21.6. The molecule has 0 saturated carbocycles. The lowest BCUT2D eigenvalue weighted by molar-refractivity contribution is 0.0935. The molecule has 0 heterocycles. The summed E-state index contributed by atoms with van der Waals surface area (Å²) in [6.07, 6.45) is 0. The Morgan fingerprint density at radius 2 is 1.46 bits per heavy atom. The van der Waals surface area contributed by atoms with Crippen molar-refractivity contribution in [2.24, 2.45) is 0 Å². The van der Waals surface area contributed by atoms with E-state index in [4.69, 9.17) is 13.3 Å². The van der Waals surface area contributed by atoms with Crippen molar-refractivity contribution in [3.8, 4) is 5.75 Å². The van der Waals surface area contributed by atoms with Crippen molar-refractivity contribution in [3.05, 3.63) is 33.5 Å². The second-order valence-electron chi connectivity index (χ2n) is 7.44. The van der Waals surface area contributed by atoms with Crippen LogP contribution in [0.3, 0.4) is 0 Å². The molecule has 1 rings (SSSR count). The van der Waals surface area contributed by atoms with Gasteiger partial charge in [-0.05, 0) is 82.1 Å². The molecule has 0 atom stereocenters. The van der Waals surface area contributed by atoms with Crippen molar-refractivity contribution in [2.45, 2.75) is 60.2 Å². The van der Waals surface area contributed by atoms with Gasteiger partial charge >= 0.3 is 0 Å². The summed E-state index contributed by atoms with van der Waals surface area (Å²) in [5.74, 6) is 1.14. The predicted molar refractivity (Wildman–Crippen MR) is 117 cm³/mol. The minimum absolute atomic E-state index is 0.0487. The van der Waals surface area contributed by atoms with Gasteiger partial charge in [-0.15, -0.1) is 0 Å². The van der Waals surface area contributed by atoms with Crippen LogP contribution in [0.15, 0.2) is 5.70 Å². The van der Waals surface area contributed by atoms with Gasteiger partial charge in [-0.1, -0.05) is 5.70 Å². The fourth-order valence-electron chi connectivity index (χ4n) is 2.85. The number of hydrogen-bond acceptors (Lipinski definition) is 3. The molecule has 7 heteroatoms. The van der Waals surface area contributed by atoms with E-state index in [0.717, 1.165) is 26.7 Å². The number of benzene rings is 1. The van der Waals surface area contributed by atoms with Crippen molar-refractivity contribution >= 4 is 44.4 Å². The molecule has 0 radical (unpaired) electrons. The van der Waals surface area contributed by atoms with E-state index in [2.05, 4.69) is 60.0 Å². The van der Waals surface area contributed by atoms with Crippen molar-refractivity contribution in [1.29, 1.82) is 0 Å². The Morgan fingerprint density at radius 1 is 0.958 bits per heavy atom. The van der Waals surface area contributed by atoms with Gasteiger partial charge in [0.15, 0.2) is 0 Å². The Bertz CT molecular complexity index is 617. The van der Waals surface area contributed by atoms with Crippen LogP contribution in [-0.4, -0.2) is 44.7 Å². The van der Waals surface area contributed by atoms with Gasteiger partial charge in [0, 0.05) is 5.56 Å². The molecular formula is C17H34O3Si4. The van der Waals surface area contributed by atoms with Crippen LogP contribution in [0, 0.1) is 27.7 Å². The molecular weight excluding hydrogens is 365 g/mol. The molecule has 0 saturated heterocycles. The van der Waals surface area contributed by atoms with E-state index in [1.807, 2.05) is 0 Å². The molecule has 0 amide bonds. The Balaban J connectivity index is 3.46. The molecule has 0 spiro atoms. The average Bonchev–Trinajstić information content (AvgIpc) is 2.50. The molecule has 0 aliphatic rings. The van der Waals surface area contributed by atoms with Crippen molar-refractivity contribution in [3.63, 3.8) is 0 Å². The zero-order valence-electron chi connectivity index (χ0n) is 17.1. The highest BCUT2D eigenvalue weighted by Crippen LogP contribution is 2.38. The quantitative estimate of drug-likeness (QED) is 0.515. The maximum atomic E-state index is 6.53. The summed E-state index contributed by atoms with van der Waals surface area (Å²) in [4.78, 5) is 0. The van der Waals surface area contributed by atoms with Crippen LogP contribution in [0.1, 0.15) is 34.7 Å². The van der Waals surface area contributed by atoms with Gasteiger partial charge in [-0.3, -0.25) is 0 Å². The lowest BCUT2D eigenvalue weighted by Crippen LogP contribution is -2.30. The first-order chi connectivity index (χ1) is 11.0. The summed E-state index contributed by atoms with van der Waals surface area (Å²) in [6, 6.07) is 0. The monoisotopic (exact) mass is 398 g/mol. The zero-order valence-corrected chi connectivity index (χ0v) is 23.5. The van der Waals surface area contributed by atoms with Gasteiger partial charge in [-0.2, -0.15) is 0 Å². The third-order valence-corrected chi connectivity index (χ3v) is 9.68. The molecule has 0 aromatic heterocycles. The molecule has 1 aromatic carbocycles. The molecule has 1 aromatic rings. The zero-order chi connectivity index (χ0) is 18.7. The molecule has 3 nitrogen and oxygen atoms in total. The third-order valence-electron chi connectivity index (χ3n) is 4.58. The predicted octanol–water partition coefficient (Wildman–Crippen LogP) is 1.54. The highest BCUT2D eigenvalue weighted by molar-refractivity contribution is 6.70. The molecule has 0 N–H and O–H groups in total. The van der Waals surface area contributed by atoms with Crippen LogP contribution in [0.25, 0.3) is 5.57 Å². The van der Waals surface area contributed by atoms with Gasteiger partial charge in [0.05, 0.1) is 0 Å². The highest BCUT2D eigenvalue weighted by Gasteiger charge is 2.23.